The van der Waals surface area contributed by atoms with Gasteiger partial charge >= 0.3 is 5.97 Å². The molecule has 1 aromatic heterocycles. The summed E-state index contributed by atoms with van der Waals surface area (Å²) in [7, 11) is 3.19. The van der Waals surface area contributed by atoms with E-state index in [9.17, 15) is 9.59 Å². The van der Waals surface area contributed by atoms with E-state index in [4.69, 9.17) is 14.2 Å². The summed E-state index contributed by atoms with van der Waals surface area (Å²) in [5.74, 6) is 0.925. The van der Waals surface area contributed by atoms with Crippen LogP contribution < -0.4 is 10.1 Å². The molecule has 0 saturated heterocycles. The summed E-state index contributed by atoms with van der Waals surface area (Å²) >= 11 is 0. The number of hydrogen-bond acceptors (Lipinski definition) is 6. The first-order valence-corrected chi connectivity index (χ1v) is 10.7. The Kier molecular flexibility index (Phi) is 8.86. The van der Waals surface area contributed by atoms with Crippen LogP contribution in [0.2, 0.25) is 0 Å². The topological polar surface area (TPSA) is 91.7 Å². The van der Waals surface area contributed by atoms with E-state index in [2.05, 4.69) is 10.4 Å². The highest BCUT2D eigenvalue weighted by atomic mass is 16.6. The SMILES string of the molecule is CC(=O)OC(C)(C)C.COCCNC(=O)c1ccc2nn(CC3CCC3)cc2c1OC. The molecule has 1 aromatic carbocycles. The van der Waals surface area contributed by atoms with Gasteiger partial charge in [-0.3, -0.25) is 14.3 Å². The summed E-state index contributed by atoms with van der Waals surface area (Å²) in [4.78, 5) is 22.5. The highest BCUT2D eigenvalue weighted by Crippen LogP contribution is 2.31. The monoisotopic (exact) mass is 433 g/mol. The Morgan fingerprint density at radius 3 is 2.42 bits per heavy atom. The van der Waals surface area contributed by atoms with E-state index >= 15 is 0 Å². The number of nitrogens with zero attached hydrogens (tertiary/aromatic N) is 2. The van der Waals surface area contributed by atoms with Gasteiger partial charge in [-0.25, -0.2) is 0 Å². The summed E-state index contributed by atoms with van der Waals surface area (Å²) in [6.45, 7) is 8.82. The molecule has 1 heterocycles. The molecule has 1 fully saturated rings. The Balaban J connectivity index is 0.000000366. The maximum atomic E-state index is 12.3. The van der Waals surface area contributed by atoms with Crippen molar-refractivity contribution in [1.29, 1.82) is 0 Å². The quantitative estimate of drug-likeness (QED) is 0.530. The van der Waals surface area contributed by atoms with Crippen LogP contribution in [-0.2, 0) is 20.8 Å². The van der Waals surface area contributed by atoms with E-state index in [0.717, 1.165) is 23.4 Å². The van der Waals surface area contributed by atoms with E-state index < -0.39 is 0 Å². The molecule has 0 aliphatic heterocycles. The molecule has 2 aromatic rings. The fourth-order valence-corrected chi connectivity index (χ4v) is 3.34. The van der Waals surface area contributed by atoms with Crippen LogP contribution in [0.4, 0.5) is 0 Å². The number of amides is 1. The zero-order valence-corrected chi connectivity index (χ0v) is 19.5. The fourth-order valence-electron chi connectivity index (χ4n) is 3.34. The number of ether oxygens (including phenoxy) is 3. The van der Waals surface area contributed by atoms with Crippen LogP contribution in [0.1, 0.15) is 57.3 Å². The summed E-state index contributed by atoms with van der Waals surface area (Å²) in [6, 6.07) is 3.64. The second-order valence-corrected chi connectivity index (χ2v) is 8.68. The van der Waals surface area contributed by atoms with Crippen LogP contribution in [0, 0.1) is 5.92 Å². The molecule has 31 heavy (non-hydrogen) atoms. The number of carbonyl (C=O) groups is 2. The maximum Gasteiger partial charge on any atom is 0.303 e. The van der Waals surface area contributed by atoms with Gasteiger partial charge in [0.25, 0.3) is 5.91 Å². The average Bonchev–Trinajstić information content (AvgIpc) is 3.05. The third kappa shape index (κ3) is 7.54. The number of nitrogens with one attached hydrogen (secondary N) is 1. The normalized spacial score (nSPS) is 13.7. The Bertz CT molecular complexity index is 881. The molecule has 1 amide bonds. The molecule has 8 nitrogen and oxygen atoms in total. The fraction of sp³-hybridized carbons (Fsp3) is 0.609. The highest BCUT2D eigenvalue weighted by molar-refractivity contribution is 6.03. The molecular weight excluding hydrogens is 398 g/mol. The van der Waals surface area contributed by atoms with Crippen molar-refractivity contribution in [2.24, 2.45) is 5.92 Å². The van der Waals surface area contributed by atoms with E-state index in [0.29, 0.717) is 24.5 Å². The van der Waals surface area contributed by atoms with Crippen molar-refractivity contribution in [3.05, 3.63) is 23.9 Å². The highest BCUT2D eigenvalue weighted by Gasteiger charge is 2.20. The number of fused-ring (bicyclic) bond motifs is 1. The van der Waals surface area contributed by atoms with Gasteiger partial charge in [-0.2, -0.15) is 5.10 Å². The lowest BCUT2D eigenvalue weighted by molar-refractivity contribution is -0.151. The zero-order chi connectivity index (χ0) is 23.0. The van der Waals surface area contributed by atoms with Gasteiger partial charge < -0.3 is 19.5 Å². The zero-order valence-electron chi connectivity index (χ0n) is 19.5. The number of carbonyl (C=O) groups excluding carboxylic acids is 2. The van der Waals surface area contributed by atoms with Crippen molar-refractivity contribution in [1.82, 2.24) is 15.1 Å². The third-order valence-electron chi connectivity index (χ3n) is 4.85. The van der Waals surface area contributed by atoms with Gasteiger partial charge in [-0.1, -0.05) is 6.42 Å². The summed E-state index contributed by atoms with van der Waals surface area (Å²) < 4.78 is 17.2. The van der Waals surface area contributed by atoms with Gasteiger partial charge in [0.05, 0.1) is 30.2 Å². The predicted molar refractivity (Wildman–Crippen MR) is 119 cm³/mol. The van der Waals surface area contributed by atoms with E-state index in [1.165, 1.54) is 26.2 Å². The van der Waals surface area contributed by atoms with Crippen LogP contribution in [-0.4, -0.2) is 54.6 Å². The molecule has 1 aliphatic rings. The van der Waals surface area contributed by atoms with Crippen molar-refractivity contribution in [2.75, 3.05) is 27.4 Å². The minimum absolute atomic E-state index is 0.160. The van der Waals surface area contributed by atoms with Gasteiger partial charge in [-0.15, -0.1) is 0 Å². The van der Waals surface area contributed by atoms with Gasteiger partial charge in [0.2, 0.25) is 0 Å². The number of hydrogen-bond donors (Lipinski definition) is 1. The van der Waals surface area contributed by atoms with Gasteiger partial charge in [0.15, 0.2) is 0 Å². The number of methoxy groups -OCH3 is 2. The second-order valence-electron chi connectivity index (χ2n) is 8.68. The predicted octanol–water partition coefficient (Wildman–Crippen LogP) is 3.57. The lowest BCUT2D eigenvalue weighted by Crippen LogP contribution is -2.27. The molecule has 0 atom stereocenters. The van der Waals surface area contributed by atoms with Crippen molar-refractivity contribution >= 4 is 22.8 Å². The molecule has 3 rings (SSSR count). The molecule has 1 N–H and O–H groups in total. The van der Waals surface area contributed by atoms with Crippen LogP contribution >= 0.6 is 0 Å². The van der Waals surface area contributed by atoms with E-state index in [-0.39, 0.29) is 17.5 Å². The third-order valence-corrected chi connectivity index (χ3v) is 4.85. The van der Waals surface area contributed by atoms with Crippen molar-refractivity contribution in [2.45, 2.75) is 59.1 Å². The molecular formula is C23H35N3O5. The van der Waals surface area contributed by atoms with Crippen molar-refractivity contribution < 1.29 is 23.8 Å². The standard InChI is InChI=1S/C17H23N3O3.C6H12O2/c1-22-9-8-18-17(21)13-6-7-15-14(16(13)23-2)11-20(19-15)10-12-4-3-5-12;1-5(7)8-6(2,3)4/h6-7,11-12H,3-5,8-10H2,1-2H3,(H,18,21);1-4H3. The lowest BCUT2D eigenvalue weighted by atomic mass is 9.85. The molecule has 0 unspecified atom stereocenters. The summed E-state index contributed by atoms with van der Waals surface area (Å²) in [5, 5.41) is 8.31. The Hall–Kier alpha value is -2.61. The second kappa shape index (κ2) is 11.1. The summed E-state index contributed by atoms with van der Waals surface area (Å²) in [5.41, 5.74) is 1.06. The average molecular weight is 434 g/mol. The van der Waals surface area contributed by atoms with Crippen molar-refractivity contribution in [3.63, 3.8) is 0 Å². The van der Waals surface area contributed by atoms with Crippen LogP contribution in [0.15, 0.2) is 18.3 Å². The summed E-state index contributed by atoms with van der Waals surface area (Å²) in [6.07, 6.45) is 5.86. The molecule has 1 saturated carbocycles. The van der Waals surface area contributed by atoms with Gasteiger partial charge in [-0.05, 0) is 51.7 Å². The smallest absolute Gasteiger partial charge is 0.303 e. The van der Waals surface area contributed by atoms with Crippen molar-refractivity contribution in [3.8, 4) is 5.75 Å². The number of rotatable bonds is 7. The number of benzene rings is 1. The molecule has 1 aliphatic carbocycles. The Labute approximate surface area is 184 Å². The van der Waals surface area contributed by atoms with E-state index in [1.54, 1.807) is 20.3 Å². The minimum atomic E-state index is -0.328. The first-order valence-electron chi connectivity index (χ1n) is 10.7. The Morgan fingerprint density at radius 2 is 1.94 bits per heavy atom. The lowest BCUT2D eigenvalue weighted by Gasteiger charge is -2.24. The largest absolute Gasteiger partial charge is 0.495 e. The maximum absolute atomic E-state index is 12.3. The van der Waals surface area contributed by atoms with Crippen LogP contribution in [0.3, 0.4) is 0 Å². The minimum Gasteiger partial charge on any atom is -0.495 e. The molecule has 172 valence electrons. The van der Waals surface area contributed by atoms with Crippen LogP contribution in [0.25, 0.3) is 10.9 Å². The molecule has 0 bridgehead atoms. The molecule has 8 heteroatoms. The van der Waals surface area contributed by atoms with Gasteiger partial charge in [0.1, 0.15) is 11.4 Å². The first kappa shape index (κ1) is 24.7. The molecule has 0 radical (unpaired) electrons. The van der Waals surface area contributed by atoms with Crippen LogP contribution in [0.5, 0.6) is 5.75 Å². The number of aromatic nitrogens is 2. The van der Waals surface area contributed by atoms with E-state index in [1.807, 2.05) is 37.7 Å². The first-order chi connectivity index (χ1) is 14.6. The van der Waals surface area contributed by atoms with Gasteiger partial charge in [0, 0.05) is 33.3 Å². The molecule has 0 spiro atoms. The Morgan fingerprint density at radius 1 is 1.23 bits per heavy atom. The number of esters is 1.